The van der Waals surface area contributed by atoms with Gasteiger partial charge >= 0.3 is 0 Å². The second-order valence-electron chi connectivity index (χ2n) is 7.86. The fourth-order valence-electron chi connectivity index (χ4n) is 4.42. The molecule has 1 aliphatic rings. The molecule has 5 heterocycles. The zero-order valence-electron chi connectivity index (χ0n) is 16.2. The van der Waals surface area contributed by atoms with E-state index in [1.54, 1.807) is 0 Å². The fourth-order valence-corrected chi connectivity index (χ4v) is 4.42. The number of ether oxygens (including phenoxy) is 1. The lowest BCUT2D eigenvalue weighted by Crippen LogP contribution is -2.12. The Kier molecular flexibility index (Phi) is 3.67. The summed E-state index contributed by atoms with van der Waals surface area (Å²) >= 11 is 0. The van der Waals surface area contributed by atoms with Crippen molar-refractivity contribution in [2.24, 2.45) is 5.92 Å². The van der Waals surface area contributed by atoms with E-state index in [1.165, 1.54) is 0 Å². The van der Waals surface area contributed by atoms with Crippen LogP contribution >= 0.6 is 0 Å². The van der Waals surface area contributed by atoms with Gasteiger partial charge in [0.2, 0.25) is 0 Å². The lowest BCUT2D eigenvalue weighted by atomic mass is 10.0. The van der Waals surface area contributed by atoms with Gasteiger partial charge in [-0.1, -0.05) is 6.07 Å². The molecule has 0 radical (unpaired) electrons. The number of rotatable bonds is 3. The molecule has 0 aliphatic carbocycles. The van der Waals surface area contributed by atoms with Crippen LogP contribution in [0, 0.1) is 12.8 Å². The molecule has 29 heavy (non-hydrogen) atoms. The minimum Gasteiger partial charge on any atom is -0.381 e. The highest BCUT2D eigenvalue weighted by Crippen LogP contribution is 2.31. The molecule has 0 saturated carbocycles. The number of benzene rings is 1. The lowest BCUT2D eigenvalue weighted by molar-refractivity contribution is 0.182. The smallest absolute Gasteiger partial charge is 0.137 e. The van der Waals surface area contributed by atoms with Crippen molar-refractivity contribution in [3.63, 3.8) is 0 Å². The number of hydrogen-bond donors (Lipinski definition) is 1. The standard InChI is InChI=1S/C23H21N5O/c1-14-27-21-11-25-20-3-2-16(18-8-17-4-6-24-23(17)26-10-18)9-19(20)22(21)28(14)12-15-5-7-29-13-15/h2-4,6,8-11,15H,5,7,12-13H2,1H3,(H,24,26). The van der Waals surface area contributed by atoms with E-state index in [0.717, 1.165) is 76.1 Å². The molecule has 1 aromatic carbocycles. The second-order valence-corrected chi connectivity index (χ2v) is 7.86. The van der Waals surface area contributed by atoms with Crippen LogP contribution in [0.1, 0.15) is 12.2 Å². The number of pyridine rings is 2. The molecule has 1 aliphatic heterocycles. The number of hydrogen-bond acceptors (Lipinski definition) is 4. The number of nitrogens with one attached hydrogen (secondary N) is 1. The first-order valence-electron chi connectivity index (χ1n) is 10.0. The minimum atomic E-state index is 0.540. The van der Waals surface area contributed by atoms with Gasteiger partial charge in [0.15, 0.2) is 0 Å². The third-order valence-corrected chi connectivity index (χ3v) is 5.96. The topological polar surface area (TPSA) is 68.6 Å². The number of aromatic amines is 1. The first-order chi connectivity index (χ1) is 14.3. The van der Waals surface area contributed by atoms with Crippen LogP contribution in [0.5, 0.6) is 0 Å². The van der Waals surface area contributed by atoms with Crippen molar-refractivity contribution in [3.05, 3.63) is 54.7 Å². The summed E-state index contributed by atoms with van der Waals surface area (Å²) in [6.07, 6.45) is 6.84. The Hall–Kier alpha value is -3.25. The molecule has 1 saturated heterocycles. The number of fused-ring (bicyclic) bond motifs is 4. The zero-order valence-corrected chi connectivity index (χ0v) is 16.2. The normalized spacial score (nSPS) is 17.1. The summed E-state index contributed by atoms with van der Waals surface area (Å²) in [4.78, 5) is 17.1. The van der Waals surface area contributed by atoms with Crippen molar-refractivity contribution < 1.29 is 4.74 Å². The van der Waals surface area contributed by atoms with E-state index in [1.807, 2.05) is 18.6 Å². The summed E-state index contributed by atoms with van der Waals surface area (Å²) in [6, 6.07) is 10.7. The Labute approximate surface area is 167 Å². The highest BCUT2D eigenvalue weighted by atomic mass is 16.5. The molecule has 0 amide bonds. The van der Waals surface area contributed by atoms with Gasteiger partial charge in [-0.2, -0.15) is 0 Å². The summed E-state index contributed by atoms with van der Waals surface area (Å²) in [7, 11) is 0. The van der Waals surface area contributed by atoms with Crippen LogP contribution in [0.25, 0.3) is 44.1 Å². The Morgan fingerprint density at radius 2 is 2.07 bits per heavy atom. The van der Waals surface area contributed by atoms with E-state index in [0.29, 0.717) is 5.92 Å². The molecule has 1 unspecified atom stereocenters. The van der Waals surface area contributed by atoms with Gasteiger partial charge in [-0.05, 0) is 43.2 Å². The van der Waals surface area contributed by atoms with Crippen LogP contribution in [0.4, 0.5) is 0 Å². The summed E-state index contributed by atoms with van der Waals surface area (Å²) in [5.74, 6) is 1.57. The average Bonchev–Trinajstić information content (AvgIpc) is 3.48. The monoisotopic (exact) mass is 383 g/mol. The van der Waals surface area contributed by atoms with Crippen LogP contribution in [-0.2, 0) is 11.3 Å². The third-order valence-electron chi connectivity index (χ3n) is 5.96. The first-order valence-corrected chi connectivity index (χ1v) is 10.0. The molecule has 1 fully saturated rings. The molecule has 144 valence electrons. The maximum absolute atomic E-state index is 5.60. The minimum absolute atomic E-state index is 0.540. The number of H-pyrrole nitrogens is 1. The van der Waals surface area contributed by atoms with E-state index in [4.69, 9.17) is 9.72 Å². The first kappa shape index (κ1) is 16.7. The Balaban J connectivity index is 1.54. The van der Waals surface area contributed by atoms with E-state index in [2.05, 4.69) is 56.8 Å². The van der Waals surface area contributed by atoms with Gasteiger partial charge in [0.1, 0.15) is 17.0 Å². The van der Waals surface area contributed by atoms with Crippen molar-refractivity contribution in [3.8, 4) is 11.1 Å². The highest BCUT2D eigenvalue weighted by Gasteiger charge is 2.20. The molecule has 4 aromatic heterocycles. The zero-order chi connectivity index (χ0) is 19.4. The maximum Gasteiger partial charge on any atom is 0.137 e. The summed E-state index contributed by atoms with van der Waals surface area (Å²) in [6.45, 7) is 4.70. The Morgan fingerprint density at radius 1 is 1.10 bits per heavy atom. The molecule has 5 aromatic rings. The van der Waals surface area contributed by atoms with Gasteiger partial charge in [-0.3, -0.25) is 4.98 Å². The SMILES string of the molecule is Cc1nc2cnc3ccc(-c4cnc5[nH]ccc5c4)cc3c2n1CC1CCOC1. The number of aromatic nitrogens is 5. The highest BCUT2D eigenvalue weighted by molar-refractivity contribution is 6.04. The van der Waals surface area contributed by atoms with Gasteiger partial charge in [0.05, 0.1) is 23.8 Å². The van der Waals surface area contributed by atoms with Crippen molar-refractivity contribution in [2.45, 2.75) is 19.9 Å². The lowest BCUT2D eigenvalue weighted by Gasteiger charge is -2.13. The van der Waals surface area contributed by atoms with Gasteiger partial charge in [0.25, 0.3) is 0 Å². The van der Waals surface area contributed by atoms with Crippen LogP contribution < -0.4 is 0 Å². The van der Waals surface area contributed by atoms with E-state index < -0.39 is 0 Å². The largest absolute Gasteiger partial charge is 0.381 e. The van der Waals surface area contributed by atoms with Crippen LogP contribution in [0.15, 0.2) is 48.9 Å². The molecule has 6 heteroatoms. The number of imidazole rings is 1. The molecule has 6 nitrogen and oxygen atoms in total. The summed E-state index contributed by atoms with van der Waals surface area (Å²) < 4.78 is 7.94. The van der Waals surface area contributed by atoms with Crippen LogP contribution in [-0.4, -0.2) is 37.7 Å². The number of aryl methyl sites for hydroxylation is 1. The summed E-state index contributed by atoms with van der Waals surface area (Å²) in [5.41, 5.74) is 6.24. The molecule has 0 spiro atoms. The predicted octanol–water partition coefficient (Wildman–Crippen LogP) is 4.47. The van der Waals surface area contributed by atoms with Gasteiger partial charge in [0, 0.05) is 47.8 Å². The predicted molar refractivity (Wildman–Crippen MR) is 114 cm³/mol. The van der Waals surface area contributed by atoms with E-state index in [-0.39, 0.29) is 0 Å². The van der Waals surface area contributed by atoms with Gasteiger partial charge < -0.3 is 14.3 Å². The van der Waals surface area contributed by atoms with Crippen LogP contribution in [0.3, 0.4) is 0 Å². The number of nitrogens with zero attached hydrogens (tertiary/aromatic N) is 4. The second kappa shape index (κ2) is 6.39. The quantitative estimate of drug-likeness (QED) is 0.499. The molecular formula is C23H21N5O. The van der Waals surface area contributed by atoms with Crippen molar-refractivity contribution >= 4 is 33.0 Å². The molecule has 0 bridgehead atoms. The Bertz CT molecular complexity index is 1360. The van der Waals surface area contributed by atoms with E-state index >= 15 is 0 Å². The van der Waals surface area contributed by atoms with Crippen molar-refractivity contribution in [1.29, 1.82) is 0 Å². The van der Waals surface area contributed by atoms with Gasteiger partial charge in [-0.15, -0.1) is 0 Å². The summed E-state index contributed by atoms with van der Waals surface area (Å²) in [5, 5.41) is 2.25. The molecule has 1 N–H and O–H groups in total. The van der Waals surface area contributed by atoms with E-state index in [9.17, 15) is 0 Å². The molecule has 6 rings (SSSR count). The fraction of sp³-hybridized carbons (Fsp3) is 0.261. The molecule has 1 atom stereocenters. The van der Waals surface area contributed by atoms with Crippen molar-refractivity contribution in [2.75, 3.05) is 13.2 Å². The van der Waals surface area contributed by atoms with Gasteiger partial charge in [-0.25, -0.2) is 9.97 Å². The average molecular weight is 383 g/mol. The van der Waals surface area contributed by atoms with Crippen molar-refractivity contribution in [1.82, 2.24) is 24.5 Å². The molecular weight excluding hydrogens is 362 g/mol. The maximum atomic E-state index is 5.60. The Morgan fingerprint density at radius 3 is 2.97 bits per heavy atom. The third kappa shape index (κ3) is 2.71. The van der Waals surface area contributed by atoms with Crippen LogP contribution in [0.2, 0.25) is 0 Å².